The van der Waals surface area contributed by atoms with Crippen molar-refractivity contribution >= 4 is 23.4 Å². The smallest absolute Gasteiger partial charge is 0.291 e. The fraction of sp³-hybridized carbons (Fsp3) is 0.294. The SMILES string of the molecule is C=CCSc1n[n+]2c(c(=O)[nH]1)-c1ccccc1N(C(C)=O)[C@H]2CC. The summed E-state index contributed by atoms with van der Waals surface area (Å²) in [6.45, 7) is 7.19. The van der Waals surface area contributed by atoms with E-state index in [-0.39, 0.29) is 17.6 Å². The predicted octanol–water partition coefficient (Wildman–Crippen LogP) is 2.28. The van der Waals surface area contributed by atoms with E-state index in [0.717, 1.165) is 5.69 Å². The molecule has 1 aliphatic rings. The molecule has 1 amide bonds. The van der Waals surface area contributed by atoms with Crippen molar-refractivity contribution in [3.05, 3.63) is 47.3 Å². The number of rotatable bonds is 4. The van der Waals surface area contributed by atoms with Gasteiger partial charge in [0, 0.05) is 24.2 Å². The van der Waals surface area contributed by atoms with Crippen molar-refractivity contribution < 1.29 is 9.48 Å². The van der Waals surface area contributed by atoms with Gasteiger partial charge in [0.15, 0.2) is 0 Å². The van der Waals surface area contributed by atoms with E-state index in [4.69, 9.17) is 0 Å². The number of hydrogen-bond acceptors (Lipinski definition) is 4. The van der Waals surface area contributed by atoms with Crippen LogP contribution >= 0.6 is 11.8 Å². The zero-order chi connectivity index (χ0) is 17.3. The number of amides is 1. The van der Waals surface area contributed by atoms with Crippen molar-refractivity contribution in [2.75, 3.05) is 10.7 Å². The maximum atomic E-state index is 12.7. The van der Waals surface area contributed by atoms with Crippen molar-refractivity contribution in [1.29, 1.82) is 0 Å². The van der Waals surface area contributed by atoms with Gasteiger partial charge in [-0.1, -0.05) is 41.6 Å². The lowest BCUT2D eigenvalue weighted by molar-refractivity contribution is -0.771. The Morgan fingerprint density at radius 3 is 2.92 bits per heavy atom. The highest BCUT2D eigenvalue weighted by Crippen LogP contribution is 2.35. The van der Waals surface area contributed by atoms with E-state index in [1.807, 2.05) is 31.2 Å². The summed E-state index contributed by atoms with van der Waals surface area (Å²) < 4.78 is 1.67. The molecule has 0 spiro atoms. The Morgan fingerprint density at radius 1 is 1.50 bits per heavy atom. The number of hydrogen-bond donors (Lipinski definition) is 1. The van der Waals surface area contributed by atoms with Gasteiger partial charge in [-0.15, -0.1) is 6.58 Å². The summed E-state index contributed by atoms with van der Waals surface area (Å²) in [7, 11) is 0. The summed E-state index contributed by atoms with van der Waals surface area (Å²) >= 11 is 1.40. The van der Waals surface area contributed by atoms with Crippen LogP contribution in [-0.2, 0) is 4.79 Å². The number of nitrogens with zero attached hydrogens (tertiary/aromatic N) is 3. The van der Waals surface area contributed by atoms with Gasteiger partial charge in [0.1, 0.15) is 0 Å². The van der Waals surface area contributed by atoms with Crippen LogP contribution in [0.25, 0.3) is 11.3 Å². The third-order valence-corrected chi connectivity index (χ3v) is 4.76. The number of fused-ring (bicyclic) bond motifs is 3. The monoisotopic (exact) mass is 343 g/mol. The molecule has 6 nitrogen and oxygen atoms in total. The standard InChI is InChI=1S/C17H18N4O2S/c1-4-10-24-17-18-16(23)15-12-8-6-7-9-13(12)20(11(3)22)14(5-2)21(15)19-17/h4,6-9,14H,1,5,10H2,2-3H3/p+1/t14-/m1/s1. The molecule has 1 aromatic carbocycles. The first-order chi connectivity index (χ1) is 11.6. The summed E-state index contributed by atoms with van der Waals surface area (Å²) in [5.74, 6) is 0.571. The maximum absolute atomic E-state index is 12.7. The molecule has 3 rings (SSSR count). The van der Waals surface area contributed by atoms with Crippen molar-refractivity contribution in [1.82, 2.24) is 10.1 Å². The first kappa shape index (κ1) is 16.4. The highest BCUT2D eigenvalue weighted by atomic mass is 32.2. The van der Waals surface area contributed by atoms with Gasteiger partial charge in [-0.3, -0.25) is 19.5 Å². The quantitative estimate of drug-likeness (QED) is 0.525. The number of thioether (sulfide) groups is 1. The van der Waals surface area contributed by atoms with Crippen molar-refractivity contribution in [2.24, 2.45) is 0 Å². The predicted molar refractivity (Wildman–Crippen MR) is 93.9 cm³/mol. The molecule has 7 heteroatoms. The Morgan fingerprint density at radius 2 is 2.25 bits per heavy atom. The minimum atomic E-state index is -0.321. The minimum Gasteiger partial charge on any atom is -0.291 e. The second kappa shape index (κ2) is 6.60. The van der Waals surface area contributed by atoms with Crippen LogP contribution in [-0.4, -0.2) is 21.7 Å². The number of anilines is 1. The number of aromatic nitrogens is 3. The first-order valence-electron chi connectivity index (χ1n) is 7.77. The normalized spacial score (nSPS) is 15.6. The van der Waals surface area contributed by atoms with E-state index in [9.17, 15) is 9.59 Å². The lowest BCUT2D eigenvalue weighted by Crippen LogP contribution is -2.60. The van der Waals surface area contributed by atoms with Gasteiger partial charge >= 0.3 is 11.3 Å². The molecule has 1 aliphatic heterocycles. The average Bonchev–Trinajstić information content (AvgIpc) is 2.57. The lowest BCUT2D eigenvalue weighted by atomic mass is 10.0. The highest BCUT2D eigenvalue weighted by molar-refractivity contribution is 7.99. The largest absolute Gasteiger partial charge is 0.325 e. The molecule has 0 aliphatic carbocycles. The number of carbonyl (C=O) groups is 1. The third-order valence-electron chi connectivity index (χ3n) is 3.90. The molecular formula is C17H19N4O2S+. The molecule has 0 fully saturated rings. The molecule has 1 aromatic heterocycles. The number of aromatic amines is 1. The maximum Gasteiger partial charge on any atom is 0.325 e. The van der Waals surface area contributed by atoms with Gasteiger partial charge in [-0.25, -0.2) is 0 Å². The molecule has 1 N–H and O–H groups in total. The number of benzene rings is 1. The van der Waals surface area contributed by atoms with Gasteiger partial charge in [-0.2, -0.15) is 0 Å². The summed E-state index contributed by atoms with van der Waals surface area (Å²) in [5, 5.41) is 5.10. The Bertz CT molecular complexity index is 862. The van der Waals surface area contributed by atoms with Gasteiger partial charge in [-0.05, 0) is 12.1 Å². The first-order valence-corrected chi connectivity index (χ1v) is 8.76. The Labute approximate surface area is 144 Å². The van der Waals surface area contributed by atoms with Crippen LogP contribution < -0.4 is 15.1 Å². The van der Waals surface area contributed by atoms with E-state index >= 15 is 0 Å². The summed E-state index contributed by atoms with van der Waals surface area (Å²) in [4.78, 5) is 29.5. The molecule has 24 heavy (non-hydrogen) atoms. The van der Waals surface area contributed by atoms with Crippen LogP contribution in [0.5, 0.6) is 0 Å². The zero-order valence-electron chi connectivity index (χ0n) is 13.7. The molecule has 1 atom stereocenters. The van der Waals surface area contributed by atoms with Crippen LogP contribution in [0.1, 0.15) is 26.4 Å². The summed E-state index contributed by atoms with van der Waals surface area (Å²) in [5.41, 5.74) is 1.74. The second-order valence-electron chi connectivity index (χ2n) is 5.45. The number of H-pyrrole nitrogens is 1. The number of carbonyl (C=O) groups excluding carboxylic acids is 1. The summed E-state index contributed by atoms with van der Waals surface area (Å²) in [6, 6.07) is 7.43. The third kappa shape index (κ3) is 2.65. The number of para-hydroxylation sites is 1. The van der Waals surface area contributed by atoms with E-state index in [0.29, 0.717) is 28.6 Å². The van der Waals surface area contributed by atoms with Crippen LogP contribution in [0.15, 0.2) is 46.9 Å². The topological polar surface area (TPSA) is 69.9 Å². The fourth-order valence-corrected chi connectivity index (χ4v) is 3.57. The minimum absolute atomic E-state index is 0.0742. The summed E-state index contributed by atoms with van der Waals surface area (Å²) in [6.07, 6.45) is 2.08. The van der Waals surface area contributed by atoms with E-state index in [1.54, 1.807) is 15.7 Å². The van der Waals surface area contributed by atoms with Crippen molar-refractivity contribution in [2.45, 2.75) is 31.6 Å². The van der Waals surface area contributed by atoms with E-state index < -0.39 is 0 Å². The lowest BCUT2D eigenvalue weighted by Gasteiger charge is -2.30. The second-order valence-corrected chi connectivity index (χ2v) is 6.46. The molecule has 124 valence electrons. The molecule has 0 saturated carbocycles. The molecule has 0 saturated heterocycles. The molecular weight excluding hydrogens is 324 g/mol. The van der Waals surface area contributed by atoms with Gasteiger partial charge in [0.25, 0.3) is 6.17 Å². The average molecular weight is 343 g/mol. The van der Waals surface area contributed by atoms with Crippen molar-refractivity contribution in [3.8, 4) is 11.3 Å². The van der Waals surface area contributed by atoms with Gasteiger partial charge in [0.2, 0.25) is 11.1 Å². The van der Waals surface area contributed by atoms with E-state index in [2.05, 4.69) is 16.7 Å². The molecule has 2 heterocycles. The molecule has 2 aromatic rings. The Kier molecular flexibility index (Phi) is 4.53. The molecule has 0 bridgehead atoms. The molecule has 0 unspecified atom stereocenters. The fourth-order valence-electron chi connectivity index (χ4n) is 2.99. The molecule has 0 radical (unpaired) electrons. The van der Waals surface area contributed by atoms with Crippen LogP contribution in [0.3, 0.4) is 0 Å². The highest BCUT2D eigenvalue weighted by Gasteiger charge is 2.42. The van der Waals surface area contributed by atoms with Crippen LogP contribution in [0, 0.1) is 0 Å². The van der Waals surface area contributed by atoms with Crippen LogP contribution in [0.4, 0.5) is 5.69 Å². The number of nitrogens with one attached hydrogen (secondary N) is 1. The van der Waals surface area contributed by atoms with E-state index in [1.165, 1.54) is 18.7 Å². The Hall–Kier alpha value is -2.41. The Balaban J connectivity index is 2.27. The van der Waals surface area contributed by atoms with Crippen LogP contribution in [0.2, 0.25) is 0 Å². The zero-order valence-corrected chi connectivity index (χ0v) is 14.5. The van der Waals surface area contributed by atoms with Crippen molar-refractivity contribution in [3.63, 3.8) is 0 Å². The van der Waals surface area contributed by atoms with Gasteiger partial charge in [0.05, 0.1) is 11.3 Å². The van der Waals surface area contributed by atoms with Gasteiger partial charge < -0.3 is 0 Å².